The summed E-state index contributed by atoms with van der Waals surface area (Å²) in [5.41, 5.74) is 1.15. The summed E-state index contributed by atoms with van der Waals surface area (Å²) in [6.07, 6.45) is 6.21. The number of aryl methyl sites for hydroxylation is 1. The molecule has 0 fully saturated rings. The zero-order valence-electron chi connectivity index (χ0n) is 10.8. The molecule has 0 aliphatic rings. The van der Waals surface area contributed by atoms with Gasteiger partial charge in [-0.1, -0.05) is 26.7 Å². The first-order chi connectivity index (χ1) is 7.76. The summed E-state index contributed by atoms with van der Waals surface area (Å²) in [7, 11) is 0. The van der Waals surface area contributed by atoms with Crippen molar-refractivity contribution in [2.75, 3.05) is 6.54 Å². The Balaban J connectivity index is 2.21. The van der Waals surface area contributed by atoms with Crippen LogP contribution in [0.3, 0.4) is 0 Å². The number of hydrogen-bond acceptors (Lipinski definition) is 3. The molecule has 1 aromatic heterocycles. The lowest BCUT2D eigenvalue weighted by atomic mass is 10.1. The van der Waals surface area contributed by atoms with Gasteiger partial charge in [-0.05, 0) is 19.8 Å². The van der Waals surface area contributed by atoms with Crippen LogP contribution in [0.15, 0.2) is 5.38 Å². The molecular formula is C13H24N2S. The van der Waals surface area contributed by atoms with E-state index in [1.54, 1.807) is 11.3 Å². The Morgan fingerprint density at radius 3 is 2.50 bits per heavy atom. The van der Waals surface area contributed by atoms with Crippen LogP contribution in [-0.2, 0) is 6.42 Å². The molecule has 1 N–H and O–H groups in total. The van der Waals surface area contributed by atoms with Crippen LogP contribution in [-0.4, -0.2) is 17.6 Å². The van der Waals surface area contributed by atoms with Crippen LogP contribution in [0.1, 0.15) is 50.2 Å². The second-order valence-electron chi connectivity index (χ2n) is 4.36. The Hall–Kier alpha value is -0.410. The SMILES string of the molecule is CCCC(CCC)NCCc1nc(C)cs1. The van der Waals surface area contributed by atoms with Crippen molar-refractivity contribution in [2.24, 2.45) is 0 Å². The summed E-state index contributed by atoms with van der Waals surface area (Å²) in [6, 6.07) is 0.705. The molecule has 0 unspecified atom stereocenters. The normalized spacial score (nSPS) is 11.2. The van der Waals surface area contributed by atoms with Crippen LogP contribution in [0, 0.1) is 6.92 Å². The lowest BCUT2D eigenvalue weighted by molar-refractivity contribution is 0.447. The number of aromatic nitrogens is 1. The van der Waals surface area contributed by atoms with Gasteiger partial charge in [-0.25, -0.2) is 4.98 Å². The summed E-state index contributed by atoms with van der Waals surface area (Å²) in [5.74, 6) is 0. The van der Waals surface area contributed by atoms with E-state index in [9.17, 15) is 0 Å². The van der Waals surface area contributed by atoms with Crippen molar-refractivity contribution in [2.45, 2.75) is 58.9 Å². The number of thiazole rings is 1. The summed E-state index contributed by atoms with van der Waals surface area (Å²) < 4.78 is 0. The zero-order chi connectivity index (χ0) is 11.8. The molecule has 3 heteroatoms. The van der Waals surface area contributed by atoms with Gasteiger partial charge in [0.05, 0.1) is 5.01 Å². The largest absolute Gasteiger partial charge is 0.314 e. The molecule has 1 heterocycles. The van der Waals surface area contributed by atoms with Crippen LogP contribution in [0.5, 0.6) is 0 Å². The Kier molecular flexibility index (Phi) is 6.65. The van der Waals surface area contributed by atoms with Crippen LogP contribution in [0.4, 0.5) is 0 Å². The molecule has 16 heavy (non-hydrogen) atoms. The zero-order valence-corrected chi connectivity index (χ0v) is 11.6. The predicted octanol–water partition coefficient (Wildman–Crippen LogP) is 3.55. The maximum atomic E-state index is 4.48. The second-order valence-corrected chi connectivity index (χ2v) is 5.30. The molecule has 0 saturated heterocycles. The van der Waals surface area contributed by atoms with Gasteiger partial charge in [-0.3, -0.25) is 0 Å². The molecule has 0 saturated carbocycles. The molecule has 0 bridgehead atoms. The van der Waals surface area contributed by atoms with Crippen molar-refractivity contribution in [1.29, 1.82) is 0 Å². The average molecular weight is 240 g/mol. The van der Waals surface area contributed by atoms with E-state index in [1.165, 1.54) is 30.7 Å². The van der Waals surface area contributed by atoms with Gasteiger partial charge in [-0.2, -0.15) is 0 Å². The van der Waals surface area contributed by atoms with E-state index in [4.69, 9.17) is 0 Å². The quantitative estimate of drug-likeness (QED) is 0.751. The number of rotatable bonds is 8. The standard InChI is InChI=1S/C13H24N2S/c1-4-6-12(7-5-2)14-9-8-13-15-11(3)10-16-13/h10,12,14H,4-9H2,1-3H3. The van der Waals surface area contributed by atoms with Gasteiger partial charge in [-0.15, -0.1) is 11.3 Å². The van der Waals surface area contributed by atoms with E-state index >= 15 is 0 Å². The van der Waals surface area contributed by atoms with Crippen molar-refractivity contribution in [3.05, 3.63) is 16.1 Å². The fraction of sp³-hybridized carbons (Fsp3) is 0.769. The summed E-state index contributed by atoms with van der Waals surface area (Å²) in [6.45, 7) is 7.64. The molecule has 0 radical (unpaired) electrons. The predicted molar refractivity (Wildman–Crippen MR) is 72.2 cm³/mol. The average Bonchev–Trinajstić information content (AvgIpc) is 2.65. The molecule has 0 amide bonds. The van der Waals surface area contributed by atoms with Gasteiger partial charge in [0, 0.05) is 30.1 Å². The Labute approximate surface area is 103 Å². The molecule has 0 spiro atoms. The van der Waals surface area contributed by atoms with Crippen molar-refractivity contribution in [3.8, 4) is 0 Å². The maximum Gasteiger partial charge on any atom is 0.0940 e. The van der Waals surface area contributed by atoms with Crippen LogP contribution >= 0.6 is 11.3 Å². The van der Waals surface area contributed by atoms with Crippen molar-refractivity contribution >= 4 is 11.3 Å². The highest BCUT2D eigenvalue weighted by Gasteiger charge is 2.05. The molecule has 0 aliphatic carbocycles. The smallest absolute Gasteiger partial charge is 0.0940 e. The minimum atomic E-state index is 0.705. The highest BCUT2D eigenvalue weighted by atomic mass is 32.1. The third-order valence-corrected chi connectivity index (χ3v) is 3.74. The first kappa shape index (κ1) is 13.7. The minimum absolute atomic E-state index is 0.705. The Morgan fingerprint density at radius 1 is 1.31 bits per heavy atom. The van der Waals surface area contributed by atoms with Crippen molar-refractivity contribution in [3.63, 3.8) is 0 Å². The van der Waals surface area contributed by atoms with E-state index in [0.717, 1.165) is 18.7 Å². The molecule has 1 rings (SSSR count). The van der Waals surface area contributed by atoms with Gasteiger partial charge in [0.1, 0.15) is 0 Å². The molecule has 0 aliphatic heterocycles. The number of hydrogen-bond donors (Lipinski definition) is 1. The summed E-state index contributed by atoms with van der Waals surface area (Å²) in [5, 5.41) is 7.04. The maximum absolute atomic E-state index is 4.48. The molecule has 1 aromatic rings. The molecular weight excluding hydrogens is 216 g/mol. The molecule has 0 aromatic carbocycles. The van der Waals surface area contributed by atoms with E-state index in [-0.39, 0.29) is 0 Å². The van der Waals surface area contributed by atoms with Gasteiger partial charge < -0.3 is 5.32 Å². The molecule has 2 nitrogen and oxygen atoms in total. The highest BCUT2D eigenvalue weighted by Crippen LogP contribution is 2.09. The van der Waals surface area contributed by atoms with Crippen LogP contribution in [0.25, 0.3) is 0 Å². The van der Waals surface area contributed by atoms with Crippen molar-refractivity contribution in [1.82, 2.24) is 10.3 Å². The summed E-state index contributed by atoms with van der Waals surface area (Å²) >= 11 is 1.78. The third-order valence-electron chi connectivity index (χ3n) is 2.71. The first-order valence-corrected chi connectivity index (χ1v) is 7.28. The van der Waals surface area contributed by atoms with E-state index in [1.807, 2.05) is 0 Å². The first-order valence-electron chi connectivity index (χ1n) is 6.40. The lowest BCUT2D eigenvalue weighted by Gasteiger charge is -2.16. The van der Waals surface area contributed by atoms with Gasteiger partial charge in [0.15, 0.2) is 0 Å². The fourth-order valence-electron chi connectivity index (χ4n) is 1.95. The van der Waals surface area contributed by atoms with Crippen LogP contribution < -0.4 is 5.32 Å². The number of nitrogens with zero attached hydrogens (tertiary/aromatic N) is 1. The van der Waals surface area contributed by atoms with Crippen LogP contribution in [0.2, 0.25) is 0 Å². The molecule has 0 atom stereocenters. The van der Waals surface area contributed by atoms with E-state index in [0.29, 0.717) is 6.04 Å². The van der Waals surface area contributed by atoms with Crippen molar-refractivity contribution < 1.29 is 0 Å². The van der Waals surface area contributed by atoms with E-state index < -0.39 is 0 Å². The number of nitrogens with one attached hydrogen (secondary N) is 1. The minimum Gasteiger partial charge on any atom is -0.314 e. The van der Waals surface area contributed by atoms with Gasteiger partial charge >= 0.3 is 0 Å². The molecule has 92 valence electrons. The topological polar surface area (TPSA) is 24.9 Å². The Bertz CT molecular complexity index is 277. The van der Waals surface area contributed by atoms with Gasteiger partial charge in [0.25, 0.3) is 0 Å². The fourth-order valence-corrected chi connectivity index (χ4v) is 2.72. The second kappa shape index (κ2) is 7.80. The van der Waals surface area contributed by atoms with E-state index in [2.05, 4.69) is 36.5 Å². The highest BCUT2D eigenvalue weighted by molar-refractivity contribution is 7.09. The van der Waals surface area contributed by atoms with Gasteiger partial charge in [0.2, 0.25) is 0 Å². The third kappa shape index (κ3) is 5.08. The summed E-state index contributed by atoms with van der Waals surface area (Å²) in [4.78, 5) is 4.48. The lowest BCUT2D eigenvalue weighted by Crippen LogP contribution is -2.30. The monoisotopic (exact) mass is 240 g/mol. The Morgan fingerprint density at radius 2 is 2.00 bits per heavy atom.